The van der Waals surface area contributed by atoms with Crippen molar-refractivity contribution in [2.24, 2.45) is 5.41 Å². The molecular formula is C15H24N4O. The van der Waals surface area contributed by atoms with Crippen molar-refractivity contribution >= 4 is 5.91 Å². The van der Waals surface area contributed by atoms with Gasteiger partial charge in [0.25, 0.3) is 0 Å². The van der Waals surface area contributed by atoms with Gasteiger partial charge < -0.3 is 14.8 Å². The number of carbonyl (C=O) groups is 1. The topological polar surface area (TPSA) is 52.2 Å². The zero-order valence-corrected chi connectivity index (χ0v) is 12.3. The fourth-order valence-electron chi connectivity index (χ4n) is 3.76. The molecule has 1 amide bonds. The lowest BCUT2D eigenvalue weighted by atomic mass is 9.79. The lowest BCUT2D eigenvalue weighted by Gasteiger charge is -2.38. The first-order valence-electron chi connectivity index (χ1n) is 7.60. The molecule has 2 fully saturated rings. The maximum absolute atomic E-state index is 12.3. The molecule has 1 N–H and O–H groups in total. The van der Waals surface area contributed by atoms with Crippen molar-refractivity contribution in [3.8, 4) is 0 Å². The molecule has 5 nitrogen and oxygen atoms in total. The summed E-state index contributed by atoms with van der Waals surface area (Å²) < 4.78 is 0. The molecule has 1 atom stereocenters. The Morgan fingerprint density at radius 3 is 3.05 bits per heavy atom. The maximum Gasteiger partial charge on any atom is 0.222 e. The molecule has 1 unspecified atom stereocenters. The van der Waals surface area contributed by atoms with Gasteiger partial charge in [0.1, 0.15) is 0 Å². The van der Waals surface area contributed by atoms with E-state index in [1.165, 1.54) is 25.8 Å². The molecule has 110 valence electrons. The first kappa shape index (κ1) is 13.6. The van der Waals surface area contributed by atoms with Crippen LogP contribution in [0.15, 0.2) is 12.5 Å². The number of nitrogens with zero attached hydrogens (tertiary/aromatic N) is 3. The van der Waals surface area contributed by atoms with Gasteiger partial charge in [0, 0.05) is 43.4 Å². The molecule has 5 heteroatoms. The smallest absolute Gasteiger partial charge is 0.222 e. The van der Waals surface area contributed by atoms with Crippen LogP contribution in [0.1, 0.15) is 31.4 Å². The fraction of sp³-hybridized carbons (Fsp3) is 0.733. The van der Waals surface area contributed by atoms with Crippen LogP contribution < -0.4 is 0 Å². The molecule has 1 aromatic heterocycles. The molecule has 0 aromatic carbocycles. The highest BCUT2D eigenvalue weighted by Crippen LogP contribution is 2.38. The molecule has 1 spiro atoms. The number of carbonyl (C=O) groups excluding carboxylic acids is 1. The van der Waals surface area contributed by atoms with Gasteiger partial charge in [-0.1, -0.05) is 0 Å². The van der Waals surface area contributed by atoms with E-state index in [2.05, 4.69) is 26.8 Å². The number of aromatic nitrogens is 2. The largest absolute Gasteiger partial charge is 0.348 e. The van der Waals surface area contributed by atoms with Crippen LogP contribution in [0.25, 0.3) is 0 Å². The number of nitrogens with one attached hydrogen (secondary N) is 1. The molecule has 1 aromatic rings. The molecule has 3 heterocycles. The molecule has 0 bridgehead atoms. The van der Waals surface area contributed by atoms with Crippen molar-refractivity contribution in [2.75, 3.05) is 33.2 Å². The molecule has 20 heavy (non-hydrogen) atoms. The Kier molecular flexibility index (Phi) is 3.78. The number of imidazole rings is 1. The second-order valence-electron chi connectivity index (χ2n) is 6.48. The van der Waals surface area contributed by atoms with Gasteiger partial charge in [0.15, 0.2) is 0 Å². The minimum absolute atomic E-state index is 0.296. The third-order valence-corrected chi connectivity index (χ3v) is 4.81. The summed E-state index contributed by atoms with van der Waals surface area (Å²) in [6, 6.07) is 0. The quantitative estimate of drug-likeness (QED) is 0.905. The SMILES string of the molecule is CN1CCCC2(CCN(C(=O)CCc3cnc[nH]3)C2)C1. The van der Waals surface area contributed by atoms with Crippen LogP contribution in [0.3, 0.4) is 0 Å². The van der Waals surface area contributed by atoms with Crippen molar-refractivity contribution in [3.05, 3.63) is 18.2 Å². The molecule has 0 saturated carbocycles. The summed E-state index contributed by atoms with van der Waals surface area (Å²) in [6.07, 6.45) is 8.55. The van der Waals surface area contributed by atoms with E-state index in [0.29, 0.717) is 17.7 Å². The first-order chi connectivity index (χ1) is 9.67. The molecule has 2 saturated heterocycles. The highest BCUT2D eigenvalue weighted by atomic mass is 16.2. The van der Waals surface area contributed by atoms with E-state index in [1.807, 2.05) is 0 Å². The average molecular weight is 276 g/mol. The Hall–Kier alpha value is -1.36. The van der Waals surface area contributed by atoms with Crippen LogP contribution in [-0.4, -0.2) is 58.9 Å². The summed E-state index contributed by atoms with van der Waals surface area (Å²) in [7, 11) is 2.20. The predicted octanol–water partition coefficient (Wildman–Crippen LogP) is 1.29. The van der Waals surface area contributed by atoms with Crippen LogP contribution >= 0.6 is 0 Å². The van der Waals surface area contributed by atoms with E-state index < -0.39 is 0 Å². The van der Waals surface area contributed by atoms with Gasteiger partial charge in [-0.2, -0.15) is 0 Å². The van der Waals surface area contributed by atoms with E-state index in [4.69, 9.17) is 0 Å². The summed E-state index contributed by atoms with van der Waals surface area (Å²) in [6.45, 7) is 4.25. The monoisotopic (exact) mass is 276 g/mol. The van der Waals surface area contributed by atoms with Crippen molar-refractivity contribution in [1.82, 2.24) is 19.8 Å². The predicted molar refractivity (Wildman–Crippen MR) is 77.3 cm³/mol. The summed E-state index contributed by atoms with van der Waals surface area (Å²) in [5, 5.41) is 0. The van der Waals surface area contributed by atoms with Gasteiger partial charge in [-0.05, 0) is 39.3 Å². The Labute approximate surface area is 120 Å². The molecule has 0 radical (unpaired) electrons. The average Bonchev–Trinajstić information content (AvgIpc) is 3.06. The van der Waals surface area contributed by atoms with Gasteiger partial charge in [0.05, 0.1) is 6.33 Å². The first-order valence-corrected chi connectivity index (χ1v) is 7.60. The van der Waals surface area contributed by atoms with E-state index in [-0.39, 0.29) is 0 Å². The van der Waals surface area contributed by atoms with Crippen LogP contribution in [0, 0.1) is 5.41 Å². The third-order valence-electron chi connectivity index (χ3n) is 4.81. The summed E-state index contributed by atoms with van der Waals surface area (Å²) in [5.41, 5.74) is 1.42. The molecule has 2 aliphatic rings. The summed E-state index contributed by atoms with van der Waals surface area (Å²) >= 11 is 0. The number of hydrogen-bond donors (Lipinski definition) is 1. The normalized spacial score (nSPS) is 27.4. The van der Waals surface area contributed by atoms with Gasteiger partial charge in [-0.25, -0.2) is 4.98 Å². The number of aromatic amines is 1. The summed E-state index contributed by atoms with van der Waals surface area (Å²) in [5.74, 6) is 0.296. The second kappa shape index (κ2) is 5.56. The van der Waals surface area contributed by atoms with E-state index >= 15 is 0 Å². The standard InChI is InChI=1S/C15H24N4O/c1-18-7-2-5-15(10-18)6-8-19(11-15)14(20)4-3-13-9-16-12-17-13/h9,12H,2-8,10-11H2,1H3,(H,16,17). The highest BCUT2D eigenvalue weighted by molar-refractivity contribution is 5.76. The van der Waals surface area contributed by atoms with Gasteiger partial charge in [-0.3, -0.25) is 4.79 Å². The van der Waals surface area contributed by atoms with E-state index in [0.717, 1.165) is 31.7 Å². The highest BCUT2D eigenvalue weighted by Gasteiger charge is 2.41. The minimum Gasteiger partial charge on any atom is -0.348 e. The number of amides is 1. The van der Waals surface area contributed by atoms with Gasteiger partial charge in [0.2, 0.25) is 5.91 Å². The molecular weight excluding hydrogens is 252 g/mol. The maximum atomic E-state index is 12.3. The molecule has 0 aliphatic carbocycles. The zero-order chi connectivity index (χ0) is 14.0. The Balaban J connectivity index is 1.52. The van der Waals surface area contributed by atoms with Crippen LogP contribution in [-0.2, 0) is 11.2 Å². The number of rotatable bonds is 3. The van der Waals surface area contributed by atoms with E-state index in [9.17, 15) is 4.79 Å². The third kappa shape index (κ3) is 2.87. The van der Waals surface area contributed by atoms with Gasteiger partial charge in [-0.15, -0.1) is 0 Å². The van der Waals surface area contributed by atoms with Crippen molar-refractivity contribution in [3.63, 3.8) is 0 Å². The zero-order valence-electron chi connectivity index (χ0n) is 12.3. The number of aryl methyl sites for hydroxylation is 1. The second-order valence-corrected chi connectivity index (χ2v) is 6.48. The summed E-state index contributed by atoms with van der Waals surface area (Å²) in [4.78, 5) is 23.9. The van der Waals surface area contributed by atoms with E-state index in [1.54, 1.807) is 12.5 Å². The molecule has 2 aliphatic heterocycles. The number of H-pyrrole nitrogens is 1. The van der Waals surface area contributed by atoms with Crippen molar-refractivity contribution in [1.29, 1.82) is 0 Å². The Morgan fingerprint density at radius 1 is 1.40 bits per heavy atom. The number of hydrogen-bond acceptors (Lipinski definition) is 3. The van der Waals surface area contributed by atoms with Gasteiger partial charge >= 0.3 is 0 Å². The minimum atomic E-state index is 0.296. The Morgan fingerprint density at radius 2 is 2.30 bits per heavy atom. The fourth-order valence-corrected chi connectivity index (χ4v) is 3.76. The lowest BCUT2D eigenvalue weighted by molar-refractivity contribution is -0.130. The number of likely N-dealkylation sites (tertiary alicyclic amines) is 2. The lowest BCUT2D eigenvalue weighted by Crippen LogP contribution is -2.43. The number of piperidine rings is 1. The van der Waals surface area contributed by atoms with Crippen LogP contribution in [0.4, 0.5) is 0 Å². The Bertz CT molecular complexity index is 458. The van der Waals surface area contributed by atoms with Crippen molar-refractivity contribution < 1.29 is 4.79 Å². The van der Waals surface area contributed by atoms with Crippen molar-refractivity contribution in [2.45, 2.75) is 32.1 Å². The molecule has 3 rings (SSSR count). The van der Waals surface area contributed by atoms with Crippen LogP contribution in [0.2, 0.25) is 0 Å². The van der Waals surface area contributed by atoms with Crippen LogP contribution in [0.5, 0.6) is 0 Å².